The summed E-state index contributed by atoms with van der Waals surface area (Å²) in [5.74, 6) is 0. The number of piperidine rings is 1. The number of aromatic nitrogens is 2. The number of aromatic amines is 1. The van der Waals surface area contributed by atoms with Crippen molar-refractivity contribution < 1.29 is 4.79 Å². The first kappa shape index (κ1) is 17.1. The maximum Gasteiger partial charge on any atom is 0.326 e. The van der Waals surface area contributed by atoms with Crippen LogP contribution in [0.3, 0.4) is 0 Å². The van der Waals surface area contributed by atoms with Crippen LogP contribution < -0.4 is 11.0 Å². The summed E-state index contributed by atoms with van der Waals surface area (Å²) in [6.45, 7) is 3.20. The Kier molecular flexibility index (Phi) is 4.72. The molecule has 0 radical (unpaired) electrons. The normalized spacial score (nSPS) is 22.2. The maximum absolute atomic E-state index is 12.5. The Balaban J connectivity index is 1.35. The first-order valence-electron chi connectivity index (χ1n) is 9.56. The SMILES string of the molecule is CN1CCCC1CNC(=O)N1CCC(n2c(=O)[nH]c3ccccc32)CC1. The van der Waals surface area contributed by atoms with Gasteiger partial charge in [-0.2, -0.15) is 0 Å². The van der Waals surface area contributed by atoms with E-state index in [9.17, 15) is 9.59 Å². The molecule has 1 aromatic carbocycles. The second-order valence-corrected chi connectivity index (χ2v) is 7.50. The van der Waals surface area contributed by atoms with E-state index in [4.69, 9.17) is 0 Å². The minimum Gasteiger partial charge on any atom is -0.336 e. The molecule has 3 heterocycles. The van der Waals surface area contributed by atoms with Crippen LogP contribution in [0.1, 0.15) is 31.7 Å². The summed E-state index contributed by atoms with van der Waals surface area (Å²) in [4.78, 5) is 31.9. The first-order valence-corrected chi connectivity index (χ1v) is 9.56. The van der Waals surface area contributed by atoms with Crippen LogP contribution in [0.15, 0.2) is 29.1 Å². The van der Waals surface area contributed by atoms with Crippen molar-refractivity contribution in [3.63, 3.8) is 0 Å². The van der Waals surface area contributed by atoms with Gasteiger partial charge in [-0.3, -0.25) is 4.57 Å². The molecular formula is C19H27N5O2. The van der Waals surface area contributed by atoms with Crippen LogP contribution in [-0.4, -0.2) is 64.7 Å². The Morgan fingerprint density at radius 3 is 2.69 bits per heavy atom. The van der Waals surface area contributed by atoms with E-state index in [-0.39, 0.29) is 17.8 Å². The minimum absolute atomic E-state index is 0.0232. The standard InChI is InChI=1S/C19H27N5O2/c1-22-10-4-5-15(22)13-20-18(25)23-11-8-14(9-12-23)24-17-7-3-2-6-16(17)21-19(24)26/h2-3,6-7,14-15H,4-5,8-13H2,1H3,(H,20,25)(H,21,26). The first-order chi connectivity index (χ1) is 12.6. The van der Waals surface area contributed by atoms with Crippen molar-refractivity contribution in [2.45, 2.75) is 37.8 Å². The second-order valence-electron chi connectivity index (χ2n) is 7.50. The number of para-hydroxylation sites is 2. The van der Waals surface area contributed by atoms with Crippen LogP contribution in [0.5, 0.6) is 0 Å². The van der Waals surface area contributed by atoms with Crippen LogP contribution in [0, 0.1) is 0 Å². The summed E-state index contributed by atoms with van der Waals surface area (Å²) in [6, 6.07) is 8.41. The van der Waals surface area contributed by atoms with Gasteiger partial charge in [-0.25, -0.2) is 9.59 Å². The summed E-state index contributed by atoms with van der Waals surface area (Å²) in [5.41, 5.74) is 1.77. The van der Waals surface area contributed by atoms with Crippen LogP contribution in [-0.2, 0) is 0 Å². The third kappa shape index (κ3) is 3.23. The molecule has 26 heavy (non-hydrogen) atoms. The minimum atomic E-state index is -0.0571. The number of carbonyl (C=O) groups excluding carboxylic acids is 1. The molecule has 2 aliphatic heterocycles. The number of carbonyl (C=O) groups is 1. The Labute approximate surface area is 153 Å². The highest BCUT2D eigenvalue weighted by Crippen LogP contribution is 2.24. The second kappa shape index (κ2) is 7.15. The van der Waals surface area contributed by atoms with E-state index >= 15 is 0 Å². The van der Waals surface area contributed by atoms with Gasteiger partial charge in [-0.1, -0.05) is 12.1 Å². The lowest BCUT2D eigenvalue weighted by Crippen LogP contribution is -2.48. The van der Waals surface area contributed by atoms with Gasteiger partial charge >= 0.3 is 11.7 Å². The molecule has 2 fully saturated rings. The number of hydrogen-bond donors (Lipinski definition) is 2. The van der Waals surface area contributed by atoms with E-state index in [1.807, 2.05) is 33.7 Å². The number of nitrogens with zero attached hydrogens (tertiary/aromatic N) is 3. The van der Waals surface area contributed by atoms with Crippen molar-refractivity contribution in [2.24, 2.45) is 0 Å². The number of benzene rings is 1. The topological polar surface area (TPSA) is 73.4 Å². The van der Waals surface area contributed by atoms with Gasteiger partial charge in [0.05, 0.1) is 11.0 Å². The third-order valence-corrected chi connectivity index (χ3v) is 5.90. The van der Waals surface area contributed by atoms with E-state index in [0.29, 0.717) is 19.1 Å². The molecule has 0 spiro atoms. The van der Waals surface area contributed by atoms with Gasteiger partial charge in [0.1, 0.15) is 0 Å². The van der Waals surface area contributed by atoms with Gasteiger partial charge in [-0.05, 0) is 51.4 Å². The van der Waals surface area contributed by atoms with Crippen molar-refractivity contribution in [1.82, 2.24) is 24.7 Å². The summed E-state index contributed by atoms with van der Waals surface area (Å²) < 4.78 is 1.86. The lowest BCUT2D eigenvalue weighted by atomic mass is 10.0. The van der Waals surface area contributed by atoms with Gasteiger partial charge in [0.15, 0.2) is 0 Å². The Bertz CT molecular complexity index is 834. The van der Waals surface area contributed by atoms with E-state index in [1.54, 1.807) is 0 Å². The summed E-state index contributed by atoms with van der Waals surface area (Å²) >= 11 is 0. The summed E-state index contributed by atoms with van der Waals surface area (Å²) in [6.07, 6.45) is 3.97. The predicted octanol–water partition coefficient (Wildman–Crippen LogP) is 1.77. The Morgan fingerprint density at radius 2 is 1.96 bits per heavy atom. The summed E-state index contributed by atoms with van der Waals surface area (Å²) in [7, 11) is 2.12. The van der Waals surface area contributed by atoms with Gasteiger partial charge in [0.25, 0.3) is 0 Å². The fraction of sp³-hybridized carbons (Fsp3) is 0.579. The lowest BCUT2D eigenvalue weighted by Gasteiger charge is -2.33. The predicted molar refractivity (Wildman–Crippen MR) is 101 cm³/mol. The van der Waals surface area contributed by atoms with Crippen LogP contribution in [0.2, 0.25) is 0 Å². The summed E-state index contributed by atoms with van der Waals surface area (Å²) in [5, 5.41) is 3.09. The molecule has 0 aliphatic carbocycles. The van der Waals surface area contributed by atoms with Gasteiger partial charge in [0.2, 0.25) is 0 Å². The van der Waals surface area contributed by atoms with Gasteiger partial charge in [-0.15, -0.1) is 0 Å². The fourth-order valence-electron chi connectivity index (χ4n) is 4.32. The van der Waals surface area contributed by atoms with Crippen molar-refractivity contribution in [2.75, 3.05) is 33.2 Å². The number of urea groups is 1. The van der Waals surface area contributed by atoms with Crippen molar-refractivity contribution in [3.05, 3.63) is 34.7 Å². The van der Waals surface area contributed by atoms with Crippen LogP contribution >= 0.6 is 0 Å². The number of nitrogens with one attached hydrogen (secondary N) is 2. The Morgan fingerprint density at radius 1 is 1.19 bits per heavy atom. The van der Waals surface area contributed by atoms with Crippen molar-refractivity contribution in [1.29, 1.82) is 0 Å². The van der Waals surface area contributed by atoms with Crippen LogP contribution in [0.4, 0.5) is 4.79 Å². The molecule has 7 heteroatoms. The van der Waals surface area contributed by atoms with Crippen molar-refractivity contribution in [3.8, 4) is 0 Å². The average molecular weight is 357 g/mol. The monoisotopic (exact) mass is 357 g/mol. The highest BCUT2D eigenvalue weighted by atomic mass is 16.2. The molecule has 2 N–H and O–H groups in total. The molecule has 4 rings (SSSR count). The number of H-pyrrole nitrogens is 1. The molecule has 1 atom stereocenters. The molecule has 1 unspecified atom stereocenters. The van der Waals surface area contributed by atoms with E-state index in [2.05, 4.69) is 22.2 Å². The van der Waals surface area contributed by atoms with Crippen LogP contribution in [0.25, 0.3) is 11.0 Å². The number of likely N-dealkylation sites (tertiary alicyclic amines) is 2. The van der Waals surface area contributed by atoms with Gasteiger partial charge in [0, 0.05) is 31.7 Å². The molecule has 7 nitrogen and oxygen atoms in total. The molecule has 0 bridgehead atoms. The molecular weight excluding hydrogens is 330 g/mol. The lowest BCUT2D eigenvalue weighted by molar-refractivity contribution is 0.168. The molecule has 2 aromatic rings. The smallest absolute Gasteiger partial charge is 0.326 e. The molecule has 2 saturated heterocycles. The number of likely N-dealkylation sites (N-methyl/N-ethyl adjacent to an activating group) is 1. The third-order valence-electron chi connectivity index (χ3n) is 5.90. The largest absolute Gasteiger partial charge is 0.336 e. The highest BCUT2D eigenvalue weighted by molar-refractivity contribution is 5.75. The maximum atomic E-state index is 12.5. The highest BCUT2D eigenvalue weighted by Gasteiger charge is 2.27. The molecule has 1 aromatic heterocycles. The quantitative estimate of drug-likeness (QED) is 0.879. The number of fused-ring (bicyclic) bond motifs is 1. The number of rotatable bonds is 3. The molecule has 0 saturated carbocycles. The van der Waals surface area contributed by atoms with E-state index < -0.39 is 0 Å². The number of amides is 2. The zero-order valence-electron chi connectivity index (χ0n) is 15.3. The van der Waals surface area contributed by atoms with E-state index in [1.165, 1.54) is 6.42 Å². The van der Waals surface area contributed by atoms with E-state index in [0.717, 1.165) is 43.4 Å². The average Bonchev–Trinajstić information content (AvgIpc) is 3.21. The van der Waals surface area contributed by atoms with Gasteiger partial charge < -0.3 is 20.1 Å². The number of hydrogen-bond acceptors (Lipinski definition) is 3. The zero-order chi connectivity index (χ0) is 18.1. The number of imidazole rings is 1. The van der Waals surface area contributed by atoms with Crippen molar-refractivity contribution >= 4 is 17.1 Å². The molecule has 140 valence electrons. The fourth-order valence-corrected chi connectivity index (χ4v) is 4.32. The molecule has 2 amide bonds. The molecule has 2 aliphatic rings. The zero-order valence-corrected chi connectivity index (χ0v) is 15.3. The Hall–Kier alpha value is -2.28.